The van der Waals surface area contributed by atoms with E-state index in [1.165, 1.54) is 0 Å². The summed E-state index contributed by atoms with van der Waals surface area (Å²) in [6.07, 6.45) is 3.66. The first kappa shape index (κ1) is 16.6. The summed E-state index contributed by atoms with van der Waals surface area (Å²) in [5.74, 6) is 0.994. The van der Waals surface area contributed by atoms with Gasteiger partial charge in [-0.2, -0.15) is 0 Å². The molecule has 1 aromatic heterocycles. The largest absolute Gasteiger partial charge is 0.375 e. The molecule has 2 heterocycles. The molecule has 0 unspecified atom stereocenters. The van der Waals surface area contributed by atoms with Gasteiger partial charge in [0.1, 0.15) is 5.82 Å². The van der Waals surface area contributed by atoms with E-state index < -0.39 is 0 Å². The van der Waals surface area contributed by atoms with E-state index in [1.54, 1.807) is 6.07 Å². The Morgan fingerprint density at radius 3 is 2.62 bits per heavy atom. The van der Waals surface area contributed by atoms with E-state index in [4.69, 9.17) is 11.6 Å². The molecular weight excluding hydrogens is 324 g/mol. The second kappa shape index (κ2) is 8.02. The number of hydrogen-bond acceptors (Lipinski definition) is 4. The molecule has 1 amide bonds. The van der Waals surface area contributed by atoms with Crippen molar-refractivity contribution in [1.82, 2.24) is 10.3 Å². The van der Waals surface area contributed by atoms with Crippen molar-refractivity contribution < 1.29 is 4.79 Å². The molecule has 0 spiro atoms. The summed E-state index contributed by atoms with van der Waals surface area (Å²) in [6, 6.07) is 13.6. The maximum atomic E-state index is 12.1. The summed E-state index contributed by atoms with van der Waals surface area (Å²) in [7, 11) is 0. The molecule has 0 atom stereocenters. The van der Waals surface area contributed by atoms with Gasteiger partial charge in [0, 0.05) is 25.3 Å². The molecule has 1 aliphatic rings. The molecule has 1 aromatic carbocycles. The molecule has 0 saturated carbocycles. The molecule has 2 N–H and O–H groups in total. The van der Waals surface area contributed by atoms with Crippen molar-refractivity contribution in [1.29, 1.82) is 0 Å². The highest BCUT2D eigenvalue weighted by Crippen LogP contribution is 2.20. The molecule has 1 aliphatic heterocycles. The number of nitrogens with one attached hydrogen (secondary N) is 2. The van der Waals surface area contributed by atoms with Crippen LogP contribution in [0.1, 0.15) is 12.8 Å². The first-order valence-electron chi connectivity index (χ1n) is 8.16. The number of amides is 1. The third-order valence-electron chi connectivity index (χ3n) is 4.15. The number of piperidine rings is 1. The van der Waals surface area contributed by atoms with Crippen LogP contribution in [0.2, 0.25) is 5.02 Å². The van der Waals surface area contributed by atoms with E-state index in [-0.39, 0.29) is 18.5 Å². The number of halogens is 1. The fourth-order valence-corrected chi connectivity index (χ4v) is 3.06. The molecular formula is C18H21ClN4O. The Morgan fingerprint density at radius 1 is 1.17 bits per heavy atom. The average Bonchev–Trinajstić information content (AvgIpc) is 2.62. The van der Waals surface area contributed by atoms with Crippen LogP contribution in [0.4, 0.5) is 11.5 Å². The first-order chi connectivity index (χ1) is 11.7. The zero-order chi connectivity index (χ0) is 16.8. The normalized spacial score (nSPS) is 15.1. The smallest absolute Gasteiger partial charge is 0.239 e. The fraction of sp³-hybridized carbons (Fsp3) is 0.333. The summed E-state index contributed by atoms with van der Waals surface area (Å²) < 4.78 is 0. The number of hydrogen-bond donors (Lipinski definition) is 2. The maximum Gasteiger partial charge on any atom is 0.239 e. The van der Waals surface area contributed by atoms with Crippen LogP contribution < -0.4 is 15.5 Å². The summed E-state index contributed by atoms with van der Waals surface area (Å²) in [4.78, 5) is 18.7. The predicted molar refractivity (Wildman–Crippen MR) is 97.6 cm³/mol. The lowest BCUT2D eigenvalue weighted by molar-refractivity contribution is -0.120. The van der Waals surface area contributed by atoms with Gasteiger partial charge in [-0.3, -0.25) is 4.79 Å². The number of rotatable bonds is 5. The number of nitrogens with zero attached hydrogens (tertiary/aromatic N) is 2. The predicted octanol–water partition coefficient (Wildman–Crippen LogP) is 2.93. The van der Waals surface area contributed by atoms with Gasteiger partial charge in [-0.1, -0.05) is 29.8 Å². The van der Waals surface area contributed by atoms with Crippen LogP contribution in [0.25, 0.3) is 0 Å². The van der Waals surface area contributed by atoms with Gasteiger partial charge in [0.25, 0.3) is 0 Å². The molecule has 0 bridgehead atoms. The van der Waals surface area contributed by atoms with E-state index in [2.05, 4.69) is 20.5 Å². The van der Waals surface area contributed by atoms with Crippen LogP contribution >= 0.6 is 11.6 Å². The van der Waals surface area contributed by atoms with E-state index in [0.29, 0.717) is 5.02 Å². The van der Waals surface area contributed by atoms with Crippen molar-refractivity contribution >= 4 is 29.0 Å². The minimum Gasteiger partial charge on any atom is -0.375 e. The van der Waals surface area contributed by atoms with Crippen LogP contribution in [0, 0.1) is 0 Å². The minimum absolute atomic E-state index is 0.00814. The summed E-state index contributed by atoms with van der Waals surface area (Å²) in [6.45, 7) is 2.03. The van der Waals surface area contributed by atoms with Crippen LogP contribution in [-0.2, 0) is 4.79 Å². The molecule has 24 heavy (non-hydrogen) atoms. The highest BCUT2D eigenvalue weighted by Gasteiger charge is 2.21. The number of benzene rings is 1. The number of aromatic nitrogens is 1. The SMILES string of the molecule is O=C(CNc1ccccc1Cl)NC1CCN(c2ccccn2)CC1. The highest BCUT2D eigenvalue weighted by molar-refractivity contribution is 6.33. The Kier molecular flexibility index (Phi) is 5.54. The van der Waals surface area contributed by atoms with Crippen molar-refractivity contribution in [2.75, 3.05) is 29.9 Å². The van der Waals surface area contributed by atoms with Crippen LogP contribution in [0.3, 0.4) is 0 Å². The van der Waals surface area contributed by atoms with Gasteiger partial charge >= 0.3 is 0 Å². The quantitative estimate of drug-likeness (QED) is 0.875. The Balaban J connectivity index is 1.43. The van der Waals surface area contributed by atoms with Crippen molar-refractivity contribution in [3.8, 4) is 0 Å². The number of pyridine rings is 1. The van der Waals surface area contributed by atoms with Gasteiger partial charge in [-0.15, -0.1) is 0 Å². The monoisotopic (exact) mass is 344 g/mol. The Hall–Kier alpha value is -2.27. The standard InChI is InChI=1S/C18H21ClN4O/c19-15-5-1-2-6-16(15)21-13-18(24)22-14-8-11-23(12-9-14)17-7-3-4-10-20-17/h1-7,10,14,21H,8-9,11-13H2,(H,22,24). The topological polar surface area (TPSA) is 57.3 Å². The number of anilines is 2. The van der Waals surface area contributed by atoms with Crippen LogP contribution in [0.5, 0.6) is 0 Å². The number of carbonyl (C=O) groups excluding carboxylic acids is 1. The highest BCUT2D eigenvalue weighted by atomic mass is 35.5. The Morgan fingerprint density at radius 2 is 1.92 bits per heavy atom. The molecule has 0 radical (unpaired) electrons. The molecule has 3 rings (SSSR count). The summed E-state index contributed by atoms with van der Waals surface area (Å²) >= 11 is 6.07. The molecule has 2 aromatic rings. The second-order valence-electron chi connectivity index (χ2n) is 5.85. The van der Waals surface area contributed by atoms with Gasteiger partial charge in [0.15, 0.2) is 0 Å². The molecule has 1 fully saturated rings. The summed E-state index contributed by atoms with van der Waals surface area (Å²) in [5, 5.41) is 6.78. The van der Waals surface area contributed by atoms with Gasteiger partial charge < -0.3 is 15.5 Å². The van der Waals surface area contributed by atoms with Crippen LogP contribution in [0.15, 0.2) is 48.7 Å². The molecule has 6 heteroatoms. The fourth-order valence-electron chi connectivity index (χ4n) is 2.85. The van der Waals surface area contributed by atoms with Gasteiger partial charge in [0.2, 0.25) is 5.91 Å². The lowest BCUT2D eigenvalue weighted by Crippen LogP contribution is -2.46. The van der Waals surface area contributed by atoms with E-state index in [0.717, 1.165) is 37.4 Å². The molecule has 1 saturated heterocycles. The van der Waals surface area contributed by atoms with Gasteiger partial charge in [-0.05, 0) is 37.1 Å². The third kappa shape index (κ3) is 4.38. The van der Waals surface area contributed by atoms with Crippen LogP contribution in [-0.4, -0.2) is 36.6 Å². The molecule has 126 valence electrons. The van der Waals surface area contributed by atoms with Crippen molar-refractivity contribution in [2.45, 2.75) is 18.9 Å². The Bertz CT molecular complexity index is 672. The summed E-state index contributed by atoms with van der Waals surface area (Å²) in [5.41, 5.74) is 0.777. The van der Waals surface area contributed by atoms with E-state index >= 15 is 0 Å². The first-order valence-corrected chi connectivity index (χ1v) is 8.54. The number of para-hydroxylation sites is 1. The van der Waals surface area contributed by atoms with Crippen molar-refractivity contribution in [3.63, 3.8) is 0 Å². The second-order valence-corrected chi connectivity index (χ2v) is 6.26. The van der Waals surface area contributed by atoms with E-state index in [9.17, 15) is 4.79 Å². The number of carbonyl (C=O) groups is 1. The third-order valence-corrected chi connectivity index (χ3v) is 4.48. The maximum absolute atomic E-state index is 12.1. The van der Waals surface area contributed by atoms with Crippen molar-refractivity contribution in [3.05, 3.63) is 53.7 Å². The van der Waals surface area contributed by atoms with Gasteiger partial charge in [0.05, 0.1) is 17.3 Å². The van der Waals surface area contributed by atoms with Crippen molar-refractivity contribution in [2.24, 2.45) is 0 Å². The minimum atomic E-state index is -0.00814. The molecule has 5 nitrogen and oxygen atoms in total. The Labute approximate surface area is 147 Å². The van der Waals surface area contributed by atoms with Gasteiger partial charge in [-0.25, -0.2) is 4.98 Å². The average molecular weight is 345 g/mol. The van der Waals surface area contributed by atoms with E-state index in [1.807, 2.05) is 42.6 Å². The zero-order valence-corrected chi connectivity index (χ0v) is 14.2. The lowest BCUT2D eigenvalue weighted by atomic mass is 10.0. The zero-order valence-electron chi connectivity index (χ0n) is 13.4. The molecule has 0 aliphatic carbocycles. The lowest BCUT2D eigenvalue weighted by Gasteiger charge is -2.33.